The van der Waals surface area contributed by atoms with Crippen molar-refractivity contribution in [1.29, 1.82) is 0 Å². The van der Waals surface area contributed by atoms with E-state index >= 15 is 0 Å². The van der Waals surface area contributed by atoms with Crippen molar-refractivity contribution in [1.82, 2.24) is 0 Å². The highest BCUT2D eigenvalue weighted by molar-refractivity contribution is 7.08. The molecule has 1 saturated carbocycles. The maximum atomic E-state index is 10.1. The van der Waals surface area contributed by atoms with Crippen molar-refractivity contribution in [2.75, 3.05) is 0 Å². The molecule has 2 atom stereocenters. The van der Waals surface area contributed by atoms with Gasteiger partial charge in [0.25, 0.3) is 0 Å². The number of aliphatic hydroxyl groups is 1. The first kappa shape index (κ1) is 8.27. The number of hydrogen-bond acceptors (Lipinski definition) is 2. The second-order valence-corrected chi connectivity index (χ2v) is 4.45. The van der Waals surface area contributed by atoms with Crippen molar-refractivity contribution in [3.8, 4) is 0 Å². The van der Waals surface area contributed by atoms with E-state index in [1.807, 2.05) is 0 Å². The standard InChI is InChI=1S/C10H14OS/c1-3-8-4-10(8,11)9-6-12-5-7(9)2/h5-6,8,11H,3-4H2,1-2H3. The van der Waals surface area contributed by atoms with E-state index in [0.29, 0.717) is 5.92 Å². The van der Waals surface area contributed by atoms with Crippen LogP contribution in [-0.4, -0.2) is 5.11 Å². The molecule has 0 radical (unpaired) electrons. The minimum absolute atomic E-state index is 0.459. The van der Waals surface area contributed by atoms with Crippen LogP contribution in [-0.2, 0) is 5.60 Å². The predicted octanol–water partition coefficient (Wildman–Crippen LogP) is 2.67. The molecular formula is C10H14OS. The van der Waals surface area contributed by atoms with Gasteiger partial charge in [-0.2, -0.15) is 11.3 Å². The summed E-state index contributed by atoms with van der Waals surface area (Å²) in [5.74, 6) is 0.505. The third-order valence-corrected chi connectivity index (χ3v) is 3.75. The normalized spacial score (nSPS) is 33.8. The smallest absolute Gasteiger partial charge is 0.0940 e. The van der Waals surface area contributed by atoms with Gasteiger partial charge in [-0.3, -0.25) is 0 Å². The molecule has 1 aromatic heterocycles. The Hall–Kier alpha value is -0.340. The number of rotatable bonds is 2. The van der Waals surface area contributed by atoms with Gasteiger partial charge in [-0.05, 0) is 41.1 Å². The third kappa shape index (κ3) is 1.02. The van der Waals surface area contributed by atoms with Crippen LogP contribution in [0.25, 0.3) is 0 Å². The molecule has 1 nitrogen and oxygen atoms in total. The highest BCUT2D eigenvalue weighted by atomic mass is 32.1. The predicted molar refractivity (Wildman–Crippen MR) is 51.4 cm³/mol. The van der Waals surface area contributed by atoms with E-state index in [2.05, 4.69) is 24.6 Å². The Morgan fingerprint density at radius 1 is 1.67 bits per heavy atom. The van der Waals surface area contributed by atoms with Crippen molar-refractivity contribution < 1.29 is 5.11 Å². The molecule has 1 fully saturated rings. The van der Waals surface area contributed by atoms with E-state index in [9.17, 15) is 5.11 Å². The zero-order chi connectivity index (χ0) is 8.77. The first-order valence-electron chi connectivity index (χ1n) is 4.44. The molecule has 0 aliphatic heterocycles. The van der Waals surface area contributed by atoms with Gasteiger partial charge >= 0.3 is 0 Å². The number of aryl methyl sites for hydroxylation is 1. The Bertz CT molecular complexity index is 292. The minimum Gasteiger partial charge on any atom is -0.385 e. The van der Waals surface area contributed by atoms with Gasteiger partial charge in [0.15, 0.2) is 0 Å². The summed E-state index contributed by atoms with van der Waals surface area (Å²) in [4.78, 5) is 0. The maximum Gasteiger partial charge on any atom is 0.0940 e. The van der Waals surface area contributed by atoms with Crippen molar-refractivity contribution in [3.05, 3.63) is 21.9 Å². The van der Waals surface area contributed by atoms with Crippen LogP contribution in [0.3, 0.4) is 0 Å². The molecule has 0 saturated heterocycles. The highest BCUT2D eigenvalue weighted by Crippen LogP contribution is 2.54. The van der Waals surface area contributed by atoms with Crippen LogP contribution < -0.4 is 0 Å². The molecule has 1 aliphatic rings. The number of thiophene rings is 1. The molecule has 0 bridgehead atoms. The lowest BCUT2D eigenvalue weighted by atomic mass is 10.0. The zero-order valence-corrected chi connectivity index (χ0v) is 8.32. The van der Waals surface area contributed by atoms with Crippen LogP contribution in [0, 0.1) is 12.8 Å². The first-order valence-corrected chi connectivity index (χ1v) is 5.38. The summed E-state index contributed by atoms with van der Waals surface area (Å²) in [5, 5.41) is 14.3. The Balaban J connectivity index is 2.27. The lowest BCUT2D eigenvalue weighted by Gasteiger charge is -2.08. The first-order chi connectivity index (χ1) is 5.68. The summed E-state index contributed by atoms with van der Waals surface area (Å²) in [7, 11) is 0. The average Bonchev–Trinajstić information content (AvgIpc) is 2.50. The van der Waals surface area contributed by atoms with Gasteiger partial charge in [0.2, 0.25) is 0 Å². The van der Waals surface area contributed by atoms with Gasteiger partial charge in [-0.1, -0.05) is 13.3 Å². The van der Waals surface area contributed by atoms with Crippen molar-refractivity contribution in [2.24, 2.45) is 5.92 Å². The summed E-state index contributed by atoms with van der Waals surface area (Å²) in [5.41, 5.74) is 1.96. The third-order valence-electron chi connectivity index (χ3n) is 2.89. The summed E-state index contributed by atoms with van der Waals surface area (Å²) in [6, 6.07) is 0. The summed E-state index contributed by atoms with van der Waals surface area (Å²) in [6.07, 6.45) is 2.05. The summed E-state index contributed by atoms with van der Waals surface area (Å²) >= 11 is 1.69. The fourth-order valence-corrected chi connectivity index (χ4v) is 2.86. The van der Waals surface area contributed by atoms with Crippen LogP contribution in [0.4, 0.5) is 0 Å². The quantitative estimate of drug-likeness (QED) is 0.745. The monoisotopic (exact) mass is 182 g/mol. The van der Waals surface area contributed by atoms with E-state index in [1.54, 1.807) is 11.3 Å². The van der Waals surface area contributed by atoms with Crippen LogP contribution in [0.2, 0.25) is 0 Å². The molecule has 0 amide bonds. The van der Waals surface area contributed by atoms with E-state index in [1.165, 1.54) is 11.1 Å². The van der Waals surface area contributed by atoms with Gasteiger partial charge in [0.1, 0.15) is 0 Å². The molecule has 12 heavy (non-hydrogen) atoms. The molecule has 1 aliphatic carbocycles. The second-order valence-electron chi connectivity index (χ2n) is 3.70. The fraction of sp³-hybridized carbons (Fsp3) is 0.600. The number of hydrogen-bond donors (Lipinski definition) is 1. The maximum absolute atomic E-state index is 10.1. The van der Waals surface area contributed by atoms with Crippen LogP contribution >= 0.6 is 11.3 Å². The van der Waals surface area contributed by atoms with E-state index < -0.39 is 5.60 Å². The van der Waals surface area contributed by atoms with Gasteiger partial charge in [0.05, 0.1) is 5.60 Å². The lowest BCUT2D eigenvalue weighted by Crippen LogP contribution is -2.08. The van der Waals surface area contributed by atoms with E-state index in [4.69, 9.17) is 0 Å². The van der Waals surface area contributed by atoms with Crippen molar-refractivity contribution in [2.45, 2.75) is 32.3 Å². The fourth-order valence-electron chi connectivity index (χ4n) is 1.93. The largest absolute Gasteiger partial charge is 0.385 e. The van der Waals surface area contributed by atoms with Gasteiger partial charge in [-0.25, -0.2) is 0 Å². The molecule has 1 N–H and O–H groups in total. The SMILES string of the molecule is CCC1CC1(O)c1cscc1C. The molecule has 0 aromatic carbocycles. The molecule has 66 valence electrons. The van der Waals surface area contributed by atoms with Gasteiger partial charge in [0, 0.05) is 0 Å². The van der Waals surface area contributed by atoms with Crippen LogP contribution in [0.1, 0.15) is 30.9 Å². The molecule has 2 unspecified atom stereocenters. The zero-order valence-electron chi connectivity index (χ0n) is 7.50. The minimum atomic E-state index is -0.459. The Morgan fingerprint density at radius 3 is 2.83 bits per heavy atom. The van der Waals surface area contributed by atoms with Gasteiger partial charge in [-0.15, -0.1) is 0 Å². The van der Waals surface area contributed by atoms with E-state index in [-0.39, 0.29) is 0 Å². The average molecular weight is 182 g/mol. The van der Waals surface area contributed by atoms with Crippen molar-refractivity contribution in [3.63, 3.8) is 0 Å². The van der Waals surface area contributed by atoms with Gasteiger partial charge < -0.3 is 5.11 Å². The molecule has 2 rings (SSSR count). The topological polar surface area (TPSA) is 20.2 Å². The molecule has 2 heteroatoms. The highest BCUT2D eigenvalue weighted by Gasteiger charge is 2.53. The van der Waals surface area contributed by atoms with Crippen molar-refractivity contribution >= 4 is 11.3 Å². The Kier molecular flexibility index (Phi) is 1.77. The molecule has 0 spiro atoms. The summed E-state index contributed by atoms with van der Waals surface area (Å²) in [6.45, 7) is 4.22. The molecular weight excluding hydrogens is 168 g/mol. The summed E-state index contributed by atoms with van der Waals surface area (Å²) < 4.78 is 0. The van der Waals surface area contributed by atoms with Crippen LogP contribution in [0.5, 0.6) is 0 Å². The van der Waals surface area contributed by atoms with Crippen LogP contribution in [0.15, 0.2) is 10.8 Å². The molecule has 1 heterocycles. The molecule has 1 aromatic rings. The Labute approximate surface area is 77.0 Å². The lowest BCUT2D eigenvalue weighted by molar-refractivity contribution is 0.130. The second kappa shape index (κ2) is 2.57. The Morgan fingerprint density at radius 2 is 2.42 bits per heavy atom. The van der Waals surface area contributed by atoms with E-state index in [0.717, 1.165) is 12.8 Å².